The van der Waals surface area contributed by atoms with Crippen molar-refractivity contribution in [2.24, 2.45) is 5.73 Å². The molecule has 0 aromatic carbocycles. The summed E-state index contributed by atoms with van der Waals surface area (Å²) in [5, 5.41) is 0. The fourth-order valence-corrected chi connectivity index (χ4v) is 7.35. The number of hydrogen-bond acceptors (Lipinski definition) is 9. The first-order chi connectivity index (χ1) is 25.4. The normalized spacial score (nSPS) is 13.2. The molecule has 0 bridgehead atoms. The number of carbonyl (C=O) groups is 2. The van der Waals surface area contributed by atoms with E-state index in [-0.39, 0.29) is 38.8 Å². The highest BCUT2D eigenvalue weighted by Crippen LogP contribution is 2.48. The highest BCUT2D eigenvalue weighted by Gasteiger charge is 2.28. The molecule has 0 aliphatic carbocycles. The number of hydrogen-bond donors (Lipinski definition) is 1. The van der Waals surface area contributed by atoms with Gasteiger partial charge in [0.15, 0.2) is 6.10 Å². The zero-order valence-corrected chi connectivity index (χ0v) is 35.2. The molecule has 10 heteroatoms. The van der Waals surface area contributed by atoms with E-state index in [9.17, 15) is 14.2 Å². The molecule has 52 heavy (non-hydrogen) atoms. The number of rotatable bonds is 42. The average molecular weight is 762 g/mol. The van der Waals surface area contributed by atoms with Crippen LogP contribution in [-0.4, -0.2) is 51.5 Å². The Morgan fingerprint density at radius 3 is 1.19 bits per heavy atom. The molecule has 0 aliphatic rings. The highest BCUT2D eigenvalue weighted by atomic mass is 31.2. The average Bonchev–Trinajstić information content (AvgIpc) is 3.15. The quantitative estimate of drug-likeness (QED) is 0.0368. The van der Waals surface area contributed by atoms with Crippen LogP contribution in [-0.2, 0) is 37.2 Å². The zero-order valence-electron chi connectivity index (χ0n) is 34.3. The van der Waals surface area contributed by atoms with E-state index < -0.39 is 19.9 Å². The van der Waals surface area contributed by atoms with Crippen LogP contribution in [0.25, 0.3) is 0 Å². The summed E-state index contributed by atoms with van der Waals surface area (Å²) in [6.07, 6.45) is 37.4. The molecular formula is C42H84NO8P. The number of ether oxygens (including phenoxy) is 2. The second-order valence-corrected chi connectivity index (χ2v) is 16.5. The Bertz CT molecular complexity index is 830. The Balaban J connectivity index is 4.20. The molecule has 0 rings (SSSR count). The Morgan fingerprint density at radius 1 is 0.500 bits per heavy atom. The van der Waals surface area contributed by atoms with E-state index in [0.717, 1.165) is 38.5 Å². The predicted octanol–water partition coefficient (Wildman–Crippen LogP) is 12.7. The molecule has 0 spiro atoms. The molecule has 1 unspecified atom stereocenters. The van der Waals surface area contributed by atoms with Crippen molar-refractivity contribution in [2.45, 2.75) is 225 Å². The van der Waals surface area contributed by atoms with Gasteiger partial charge in [-0.05, 0) is 12.8 Å². The van der Waals surface area contributed by atoms with Gasteiger partial charge in [-0.15, -0.1) is 0 Å². The van der Waals surface area contributed by atoms with Crippen molar-refractivity contribution in [3.8, 4) is 0 Å². The molecule has 0 aromatic heterocycles. The topological polar surface area (TPSA) is 123 Å². The van der Waals surface area contributed by atoms with Gasteiger partial charge in [0.05, 0.1) is 13.2 Å². The van der Waals surface area contributed by atoms with Crippen molar-refractivity contribution in [1.29, 1.82) is 0 Å². The fraction of sp³-hybridized carbons (Fsp3) is 0.952. The molecular weight excluding hydrogens is 677 g/mol. The molecule has 0 heterocycles. The Hall–Kier alpha value is -0.990. The van der Waals surface area contributed by atoms with Crippen molar-refractivity contribution >= 4 is 19.8 Å². The number of esters is 2. The molecule has 0 radical (unpaired) electrons. The Kier molecular flexibility index (Phi) is 38.9. The maximum Gasteiger partial charge on any atom is 0.474 e. The summed E-state index contributed by atoms with van der Waals surface area (Å²) in [6, 6.07) is 0. The largest absolute Gasteiger partial charge is 0.474 e. The highest BCUT2D eigenvalue weighted by molar-refractivity contribution is 7.48. The lowest BCUT2D eigenvalue weighted by atomic mass is 10.0. The Morgan fingerprint density at radius 2 is 0.846 bits per heavy atom. The molecule has 0 saturated carbocycles. The van der Waals surface area contributed by atoms with Crippen molar-refractivity contribution in [3.05, 3.63) is 0 Å². The summed E-state index contributed by atoms with van der Waals surface area (Å²) in [7, 11) is -2.66. The standard InChI is InChI=1S/C42H84NO8P/c1-4-6-8-10-12-14-16-18-20-22-24-26-28-30-32-34-41(44)48-38-40(39-50-52(46,47-3)49-37-36-43)51-42(45)35-33-31-29-27-25-23-21-19-17-15-13-11-9-7-5-2/h40H,4-39,43H2,1-3H3/t40-,52?/m1/s1. The summed E-state index contributed by atoms with van der Waals surface area (Å²) in [5.74, 6) is -0.732. The van der Waals surface area contributed by atoms with Crippen LogP contribution in [0.1, 0.15) is 219 Å². The summed E-state index contributed by atoms with van der Waals surface area (Å²) >= 11 is 0. The minimum atomic E-state index is -3.87. The minimum Gasteiger partial charge on any atom is -0.462 e. The van der Waals surface area contributed by atoms with Gasteiger partial charge in [0, 0.05) is 26.5 Å². The first-order valence-electron chi connectivity index (χ1n) is 21.9. The maximum atomic E-state index is 12.7. The van der Waals surface area contributed by atoms with E-state index in [1.54, 1.807) is 0 Å². The van der Waals surface area contributed by atoms with E-state index in [1.165, 1.54) is 161 Å². The molecule has 0 amide bonds. The monoisotopic (exact) mass is 762 g/mol. The first-order valence-corrected chi connectivity index (χ1v) is 23.4. The van der Waals surface area contributed by atoms with Gasteiger partial charge in [0.2, 0.25) is 0 Å². The van der Waals surface area contributed by atoms with Crippen LogP contribution < -0.4 is 5.73 Å². The number of unbranched alkanes of at least 4 members (excludes halogenated alkanes) is 28. The lowest BCUT2D eigenvalue weighted by molar-refractivity contribution is -0.161. The van der Waals surface area contributed by atoms with Gasteiger partial charge in [0.1, 0.15) is 6.61 Å². The van der Waals surface area contributed by atoms with Crippen LogP contribution in [0.3, 0.4) is 0 Å². The minimum absolute atomic E-state index is 0.0109. The van der Waals surface area contributed by atoms with E-state index in [1.807, 2.05) is 0 Å². The van der Waals surface area contributed by atoms with Crippen LogP contribution in [0.2, 0.25) is 0 Å². The van der Waals surface area contributed by atoms with E-state index in [4.69, 9.17) is 28.8 Å². The molecule has 2 N–H and O–H groups in total. The first kappa shape index (κ1) is 51.0. The SMILES string of the molecule is CCCCCCCCCCCCCCCCCC(=O)OC[C@H](COP(=O)(OC)OCCN)OC(=O)CCCCCCCCCCCCCCCCC. The second kappa shape index (κ2) is 39.7. The third-order valence-electron chi connectivity index (χ3n) is 9.71. The van der Waals surface area contributed by atoms with Gasteiger partial charge in [-0.25, -0.2) is 4.57 Å². The van der Waals surface area contributed by atoms with Gasteiger partial charge in [-0.1, -0.05) is 194 Å². The molecule has 9 nitrogen and oxygen atoms in total. The van der Waals surface area contributed by atoms with Crippen molar-refractivity contribution in [3.63, 3.8) is 0 Å². The molecule has 310 valence electrons. The van der Waals surface area contributed by atoms with Gasteiger partial charge in [-0.3, -0.25) is 23.2 Å². The molecule has 2 atom stereocenters. The van der Waals surface area contributed by atoms with Crippen LogP contribution in [0.5, 0.6) is 0 Å². The van der Waals surface area contributed by atoms with Gasteiger partial charge >= 0.3 is 19.8 Å². The number of nitrogens with two attached hydrogens (primary N) is 1. The van der Waals surface area contributed by atoms with Crippen LogP contribution in [0, 0.1) is 0 Å². The lowest BCUT2D eigenvalue weighted by Crippen LogP contribution is -2.29. The van der Waals surface area contributed by atoms with Crippen molar-refractivity contribution < 1.29 is 37.2 Å². The van der Waals surface area contributed by atoms with E-state index in [0.29, 0.717) is 6.42 Å². The Labute approximate surface area is 320 Å². The zero-order chi connectivity index (χ0) is 38.2. The van der Waals surface area contributed by atoms with Crippen LogP contribution in [0.15, 0.2) is 0 Å². The summed E-state index contributed by atoms with van der Waals surface area (Å²) in [6.45, 7) is 4.20. The van der Waals surface area contributed by atoms with Gasteiger partial charge in [-0.2, -0.15) is 0 Å². The van der Waals surface area contributed by atoms with Gasteiger partial charge < -0.3 is 15.2 Å². The molecule has 0 saturated heterocycles. The van der Waals surface area contributed by atoms with Gasteiger partial charge in [0.25, 0.3) is 0 Å². The third-order valence-corrected chi connectivity index (χ3v) is 11.1. The number of phosphoric acid groups is 1. The second-order valence-electron chi connectivity index (χ2n) is 14.7. The maximum absolute atomic E-state index is 12.7. The van der Waals surface area contributed by atoms with Crippen LogP contribution >= 0.6 is 7.82 Å². The summed E-state index contributed by atoms with van der Waals surface area (Å²) in [5.41, 5.74) is 5.45. The molecule has 0 aliphatic heterocycles. The molecule has 0 aromatic rings. The predicted molar refractivity (Wildman–Crippen MR) is 216 cm³/mol. The van der Waals surface area contributed by atoms with Crippen molar-refractivity contribution in [1.82, 2.24) is 0 Å². The summed E-state index contributed by atoms with van der Waals surface area (Å²) in [4.78, 5) is 25.1. The van der Waals surface area contributed by atoms with Crippen molar-refractivity contribution in [2.75, 3.05) is 33.5 Å². The van der Waals surface area contributed by atoms with E-state index in [2.05, 4.69) is 13.8 Å². The number of carbonyl (C=O) groups excluding carboxylic acids is 2. The van der Waals surface area contributed by atoms with E-state index >= 15 is 0 Å². The number of phosphoric ester groups is 1. The third kappa shape index (κ3) is 36.0. The summed E-state index contributed by atoms with van der Waals surface area (Å²) < 4.78 is 39.2. The van der Waals surface area contributed by atoms with Crippen LogP contribution in [0.4, 0.5) is 0 Å². The molecule has 0 fully saturated rings. The fourth-order valence-electron chi connectivity index (χ4n) is 6.38. The lowest BCUT2D eigenvalue weighted by Gasteiger charge is -2.21. The smallest absolute Gasteiger partial charge is 0.462 e.